The minimum absolute atomic E-state index is 0.581. The Bertz CT molecular complexity index is 1350. The molecule has 0 radical (unpaired) electrons. The third-order valence-corrected chi connectivity index (χ3v) is 5.53. The number of nitrogens with zero attached hydrogens (tertiary/aromatic N) is 3. The second-order valence-electron chi connectivity index (χ2n) is 8.02. The van der Waals surface area contributed by atoms with Gasteiger partial charge in [0.2, 0.25) is 0 Å². The van der Waals surface area contributed by atoms with Gasteiger partial charge in [0.25, 0.3) is 0 Å². The zero-order chi connectivity index (χ0) is 25.8. The molecular weight excluding hydrogens is 438 g/mol. The molecule has 3 heteroatoms. The molecular formula is C33H33N3. The monoisotopic (exact) mass is 471 g/mol. The van der Waals surface area contributed by atoms with E-state index >= 15 is 0 Å². The summed E-state index contributed by atoms with van der Waals surface area (Å²) in [5.41, 5.74) is 6.19. The molecule has 3 nitrogen and oxygen atoms in total. The lowest BCUT2D eigenvalue weighted by Gasteiger charge is -2.09. The molecule has 0 spiro atoms. The summed E-state index contributed by atoms with van der Waals surface area (Å²) in [6, 6.07) is 18.2. The second kappa shape index (κ2) is 13.5. The van der Waals surface area contributed by atoms with E-state index < -0.39 is 0 Å². The van der Waals surface area contributed by atoms with Crippen molar-refractivity contribution in [2.24, 2.45) is 0 Å². The highest BCUT2D eigenvalue weighted by Crippen LogP contribution is 2.25. The summed E-state index contributed by atoms with van der Waals surface area (Å²) >= 11 is 0. The van der Waals surface area contributed by atoms with E-state index in [0.29, 0.717) is 23.9 Å². The molecule has 0 bridgehead atoms. The van der Waals surface area contributed by atoms with Crippen molar-refractivity contribution in [3.8, 4) is 22.8 Å². The highest BCUT2D eigenvalue weighted by Gasteiger charge is 2.11. The number of allylic oxidation sites excluding steroid dienone is 12. The molecule has 36 heavy (non-hydrogen) atoms. The minimum atomic E-state index is 0.581. The average Bonchev–Trinajstić information content (AvgIpc) is 2.93. The largest absolute Gasteiger partial charge is 0.213 e. The van der Waals surface area contributed by atoms with E-state index in [1.165, 1.54) is 0 Å². The van der Waals surface area contributed by atoms with Crippen LogP contribution in [0.25, 0.3) is 28.3 Å². The van der Waals surface area contributed by atoms with Gasteiger partial charge in [0.15, 0.2) is 11.6 Å². The molecule has 3 rings (SSSR count). The average molecular weight is 472 g/mol. The first-order valence-electron chi connectivity index (χ1n) is 12.1. The molecule has 1 aromatic heterocycles. The molecule has 0 N–H and O–H groups in total. The fourth-order valence-electron chi connectivity index (χ4n) is 3.81. The van der Waals surface area contributed by atoms with E-state index in [0.717, 1.165) is 33.4 Å². The van der Waals surface area contributed by atoms with Gasteiger partial charge in [-0.25, -0.2) is 15.0 Å². The maximum atomic E-state index is 4.87. The van der Waals surface area contributed by atoms with Crippen LogP contribution in [0.4, 0.5) is 0 Å². The number of benzene rings is 2. The van der Waals surface area contributed by atoms with Crippen molar-refractivity contribution in [3.05, 3.63) is 145 Å². The molecule has 0 aliphatic rings. The van der Waals surface area contributed by atoms with E-state index in [-0.39, 0.29) is 0 Å². The predicted octanol–water partition coefficient (Wildman–Crippen LogP) is 8.53. The number of aromatic nitrogens is 3. The minimum Gasteiger partial charge on any atom is -0.213 e. The van der Waals surface area contributed by atoms with Gasteiger partial charge in [-0.1, -0.05) is 116 Å². The Morgan fingerprint density at radius 2 is 1.44 bits per heavy atom. The normalized spacial score (nSPS) is 12.9. The van der Waals surface area contributed by atoms with Crippen LogP contribution in [0.2, 0.25) is 0 Å². The van der Waals surface area contributed by atoms with Crippen molar-refractivity contribution in [2.75, 3.05) is 0 Å². The zero-order valence-corrected chi connectivity index (χ0v) is 21.4. The molecule has 0 fully saturated rings. The Balaban J connectivity index is 2.13. The predicted molar refractivity (Wildman–Crippen MR) is 154 cm³/mol. The fourth-order valence-corrected chi connectivity index (χ4v) is 3.81. The van der Waals surface area contributed by atoms with Gasteiger partial charge >= 0.3 is 0 Å². The fraction of sp³-hybridized carbons (Fsp3) is 0.121. The van der Waals surface area contributed by atoms with Crippen molar-refractivity contribution in [3.63, 3.8) is 0 Å². The Morgan fingerprint density at radius 1 is 0.778 bits per heavy atom. The van der Waals surface area contributed by atoms with Crippen LogP contribution < -0.4 is 0 Å². The summed E-state index contributed by atoms with van der Waals surface area (Å²) in [5, 5.41) is 0. The molecule has 0 amide bonds. The quantitative estimate of drug-likeness (QED) is 0.278. The van der Waals surface area contributed by atoms with Crippen molar-refractivity contribution in [1.29, 1.82) is 0 Å². The van der Waals surface area contributed by atoms with Gasteiger partial charge in [0, 0.05) is 17.5 Å². The van der Waals surface area contributed by atoms with Gasteiger partial charge in [0.05, 0.1) is 0 Å². The summed E-state index contributed by atoms with van der Waals surface area (Å²) in [4.78, 5) is 14.5. The summed E-state index contributed by atoms with van der Waals surface area (Å²) in [6.45, 7) is 13.8. The third-order valence-electron chi connectivity index (χ3n) is 5.53. The lowest BCUT2D eigenvalue weighted by molar-refractivity contribution is 0.945. The Morgan fingerprint density at radius 3 is 2.08 bits per heavy atom. The van der Waals surface area contributed by atoms with E-state index in [4.69, 9.17) is 15.0 Å². The van der Waals surface area contributed by atoms with Crippen LogP contribution in [-0.4, -0.2) is 15.0 Å². The molecule has 3 aromatic rings. The van der Waals surface area contributed by atoms with Crippen molar-refractivity contribution in [1.82, 2.24) is 15.0 Å². The molecule has 0 aliphatic heterocycles. The van der Waals surface area contributed by atoms with Crippen LogP contribution >= 0.6 is 0 Å². The highest BCUT2D eigenvalue weighted by molar-refractivity contribution is 5.77. The van der Waals surface area contributed by atoms with Crippen LogP contribution in [0.15, 0.2) is 134 Å². The smallest absolute Gasteiger partial charge is 0.163 e. The lowest BCUT2D eigenvalue weighted by Crippen LogP contribution is -2.03. The Kier molecular flexibility index (Phi) is 9.84. The van der Waals surface area contributed by atoms with Crippen molar-refractivity contribution >= 4 is 5.57 Å². The third kappa shape index (κ3) is 6.83. The maximum absolute atomic E-state index is 4.87. The maximum Gasteiger partial charge on any atom is 0.163 e. The van der Waals surface area contributed by atoms with E-state index in [1.54, 1.807) is 6.08 Å². The number of hydrogen-bond donors (Lipinski definition) is 0. The van der Waals surface area contributed by atoms with Gasteiger partial charge in [-0.15, -0.1) is 0 Å². The molecule has 0 saturated carbocycles. The van der Waals surface area contributed by atoms with Crippen molar-refractivity contribution in [2.45, 2.75) is 27.2 Å². The summed E-state index contributed by atoms with van der Waals surface area (Å²) in [6.07, 6.45) is 18.7. The van der Waals surface area contributed by atoms with Gasteiger partial charge in [-0.3, -0.25) is 0 Å². The van der Waals surface area contributed by atoms with Crippen LogP contribution in [0.1, 0.15) is 32.2 Å². The standard InChI is InChI=1S/C33H33N3/c1-6-15-25(9-4)27(17-8-3)22-23-31-34-32(28-18-12-11-13-19-28)36-33(35-31)30-21-14-20-29(24-30)26(10-5)16-7-2/h6-22,24H,2,5,23H2,1,3-4H3/b15-6-,17-8-,25-9+,26-16+,27-22+. The first-order valence-corrected chi connectivity index (χ1v) is 12.1. The summed E-state index contributed by atoms with van der Waals surface area (Å²) in [7, 11) is 0. The Labute approximate surface area is 215 Å². The van der Waals surface area contributed by atoms with Gasteiger partial charge < -0.3 is 0 Å². The van der Waals surface area contributed by atoms with Crippen LogP contribution in [-0.2, 0) is 6.42 Å². The zero-order valence-electron chi connectivity index (χ0n) is 21.4. The van der Waals surface area contributed by atoms with Crippen LogP contribution in [0.5, 0.6) is 0 Å². The topological polar surface area (TPSA) is 38.7 Å². The first-order chi connectivity index (χ1) is 17.6. The Hall–Kier alpha value is -4.37. The van der Waals surface area contributed by atoms with Crippen LogP contribution in [0.3, 0.4) is 0 Å². The molecule has 0 aliphatic carbocycles. The summed E-state index contributed by atoms with van der Waals surface area (Å²) < 4.78 is 0. The van der Waals surface area contributed by atoms with Gasteiger partial charge in [-0.05, 0) is 49.1 Å². The van der Waals surface area contributed by atoms with Crippen molar-refractivity contribution < 1.29 is 0 Å². The highest BCUT2D eigenvalue weighted by atomic mass is 15.0. The second-order valence-corrected chi connectivity index (χ2v) is 8.02. The molecule has 0 unspecified atom stereocenters. The molecule has 180 valence electrons. The van der Waals surface area contributed by atoms with Crippen LogP contribution in [0, 0.1) is 0 Å². The van der Waals surface area contributed by atoms with E-state index in [2.05, 4.69) is 43.5 Å². The van der Waals surface area contributed by atoms with Gasteiger partial charge in [-0.2, -0.15) is 0 Å². The molecule has 2 aromatic carbocycles. The first kappa shape index (κ1) is 26.2. The van der Waals surface area contributed by atoms with Gasteiger partial charge in [0.1, 0.15) is 5.82 Å². The number of hydrogen-bond acceptors (Lipinski definition) is 3. The van der Waals surface area contributed by atoms with E-state index in [1.807, 2.05) is 93.6 Å². The van der Waals surface area contributed by atoms with E-state index in [9.17, 15) is 0 Å². The summed E-state index contributed by atoms with van der Waals surface area (Å²) in [5.74, 6) is 2.02. The lowest BCUT2D eigenvalue weighted by atomic mass is 10.0. The SMILES string of the molecule is C=C/C=C(\C=C)c1cccc(-c2nc(C/C=C(\C=C/C)C(/C=C\C)=C/C)nc(-c3ccccc3)n2)c1. The number of rotatable bonds is 10. The molecule has 0 saturated heterocycles. The molecule has 1 heterocycles. The molecule has 0 atom stereocenters.